The van der Waals surface area contributed by atoms with E-state index in [9.17, 15) is 0 Å². The van der Waals surface area contributed by atoms with E-state index < -0.39 is 0 Å². The van der Waals surface area contributed by atoms with Crippen LogP contribution < -0.4 is 0 Å². The molecule has 0 saturated carbocycles. The van der Waals surface area contributed by atoms with Gasteiger partial charge in [0.05, 0.1) is 19.1 Å². The van der Waals surface area contributed by atoms with Crippen LogP contribution in [0.4, 0.5) is 0 Å². The van der Waals surface area contributed by atoms with Gasteiger partial charge >= 0.3 is 0 Å². The molecule has 0 saturated heterocycles. The molecular formula is C23H19N5OS. The van der Waals surface area contributed by atoms with Gasteiger partial charge in [0.1, 0.15) is 0 Å². The van der Waals surface area contributed by atoms with E-state index in [1.807, 2.05) is 41.1 Å². The molecule has 30 heavy (non-hydrogen) atoms. The van der Waals surface area contributed by atoms with Crippen LogP contribution in [0.1, 0.15) is 11.1 Å². The second kappa shape index (κ2) is 8.42. The van der Waals surface area contributed by atoms with Crippen LogP contribution in [0.2, 0.25) is 0 Å². The Morgan fingerprint density at radius 2 is 1.73 bits per heavy atom. The van der Waals surface area contributed by atoms with Crippen molar-refractivity contribution in [1.29, 1.82) is 0 Å². The molecule has 5 aromatic rings. The van der Waals surface area contributed by atoms with Crippen LogP contribution in [0.3, 0.4) is 0 Å². The van der Waals surface area contributed by atoms with Gasteiger partial charge in [0.2, 0.25) is 5.82 Å². The summed E-state index contributed by atoms with van der Waals surface area (Å²) < 4.78 is 9.68. The predicted molar refractivity (Wildman–Crippen MR) is 116 cm³/mol. The first-order valence-corrected chi connectivity index (χ1v) is 10.6. The van der Waals surface area contributed by atoms with E-state index in [0.29, 0.717) is 6.54 Å². The molecular weight excluding hydrogens is 394 g/mol. The van der Waals surface area contributed by atoms with Crippen LogP contribution in [0.25, 0.3) is 17.3 Å². The zero-order chi connectivity index (χ0) is 20.2. The van der Waals surface area contributed by atoms with Gasteiger partial charge in [-0.15, -0.1) is 10.2 Å². The lowest BCUT2D eigenvalue weighted by molar-refractivity contribution is 0.569. The maximum Gasteiger partial charge on any atom is 0.200 e. The van der Waals surface area contributed by atoms with Crippen molar-refractivity contribution >= 4 is 11.8 Å². The van der Waals surface area contributed by atoms with E-state index in [2.05, 4.69) is 56.1 Å². The fourth-order valence-electron chi connectivity index (χ4n) is 3.22. The summed E-state index contributed by atoms with van der Waals surface area (Å²) in [4.78, 5) is 4.10. The molecule has 3 heterocycles. The van der Waals surface area contributed by atoms with E-state index in [0.717, 1.165) is 28.2 Å². The molecule has 0 bridgehead atoms. The van der Waals surface area contributed by atoms with Gasteiger partial charge in [-0.25, -0.2) is 4.98 Å². The van der Waals surface area contributed by atoms with E-state index in [1.54, 1.807) is 30.5 Å². The molecule has 0 fully saturated rings. The van der Waals surface area contributed by atoms with Gasteiger partial charge < -0.3 is 8.98 Å². The second-order valence-electron chi connectivity index (χ2n) is 6.78. The van der Waals surface area contributed by atoms with E-state index in [1.165, 1.54) is 11.1 Å². The van der Waals surface area contributed by atoms with Crippen molar-refractivity contribution in [3.8, 4) is 17.3 Å². The lowest BCUT2D eigenvalue weighted by atomic mass is 10.2. The number of imidazole rings is 1. The van der Waals surface area contributed by atoms with Crippen LogP contribution in [0, 0.1) is 0 Å². The number of furan rings is 1. The molecule has 6 nitrogen and oxygen atoms in total. The Hall–Kier alpha value is -3.58. The van der Waals surface area contributed by atoms with Gasteiger partial charge in [0, 0.05) is 23.8 Å². The molecule has 148 valence electrons. The molecule has 0 spiro atoms. The summed E-state index contributed by atoms with van der Waals surface area (Å²) in [5.74, 6) is 2.26. The van der Waals surface area contributed by atoms with Crippen LogP contribution in [-0.4, -0.2) is 24.3 Å². The molecule has 0 aliphatic rings. The maximum absolute atomic E-state index is 5.58. The van der Waals surface area contributed by atoms with E-state index >= 15 is 0 Å². The highest BCUT2D eigenvalue weighted by molar-refractivity contribution is 7.98. The molecule has 0 aliphatic heterocycles. The molecule has 0 N–H and O–H groups in total. The number of aromatic nitrogens is 5. The Bertz CT molecular complexity index is 1200. The van der Waals surface area contributed by atoms with Crippen LogP contribution >= 0.6 is 11.8 Å². The minimum atomic E-state index is 0.686. The van der Waals surface area contributed by atoms with Gasteiger partial charge in [-0.3, -0.25) is 4.57 Å². The molecule has 0 radical (unpaired) electrons. The van der Waals surface area contributed by atoms with Crippen molar-refractivity contribution in [2.45, 2.75) is 17.5 Å². The first-order chi connectivity index (χ1) is 14.9. The zero-order valence-corrected chi connectivity index (χ0v) is 16.9. The predicted octanol–water partition coefficient (Wildman–Crippen LogP) is 5.06. The summed E-state index contributed by atoms with van der Waals surface area (Å²) in [6.07, 6.45) is 7.17. The largest absolute Gasteiger partial charge is 0.461 e. The van der Waals surface area contributed by atoms with Crippen LogP contribution in [0.5, 0.6) is 0 Å². The molecule has 0 amide bonds. The monoisotopic (exact) mass is 413 g/mol. The van der Waals surface area contributed by atoms with Crippen molar-refractivity contribution in [3.63, 3.8) is 0 Å². The number of nitrogens with zero attached hydrogens (tertiary/aromatic N) is 5. The third-order valence-electron chi connectivity index (χ3n) is 4.75. The Balaban J connectivity index is 1.37. The highest BCUT2D eigenvalue weighted by atomic mass is 32.2. The van der Waals surface area contributed by atoms with Crippen LogP contribution in [0.15, 0.2) is 101 Å². The third-order valence-corrected chi connectivity index (χ3v) is 5.79. The summed E-state index contributed by atoms with van der Waals surface area (Å²) in [6, 6.07) is 22.6. The average Bonchev–Trinajstić information content (AvgIpc) is 3.56. The Morgan fingerprint density at radius 1 is 0.867 bits per heavy atom. The van der Waals surface area contributed by atoms with Crippen molar-refractivity contribution in [1.82, 2.24) is 24.3 Å². The zero-order valence-electron chi connectivity index (χ0n) is 16.1. The number of hydrogen-bond donors (Lipinski definition) is 0. The summed E-state index contributed by atoms with van der Waals surface area (Å²) in [5, 5.41) is 9.71. The number of rotatable bonds is 7. The van der Waals surface area contributed by atoms with E-state index in [-0.39, 0.29) is 0 Å². The fraction of sp³-hybridized carbons (Fsp3) is 0.0870. The van der Waals surface area contributed by atoms with Gasteiger partial charge in [0.15, 0.2) is 10.9 Å². The summed E-state index contributed by atoms with van der Waals surface area (Å²) in [7, 11) is 0. The highest BCUT2D eigenvalue weighted by Gasteiger charge is 2.17. The quantitative estimate of drug-likeness (QED) is 0.349. The molecule has 0 aliphatic carbocycles. The van der Waals surface area contributed by atoms with Crippen molar-refractivity contribution < 1.29 is 4.42 Å². The van der Waals surface area contributed by atoms with Gasteiger partial charge in [-0.2, -0.15) is 0 Å². The fourth-order valence-corrected chi connectivity index (χ4v) is 4.11. The Morgan fingerprint density at radius 3 is 2.47 bits per heavy atom. The minimum Gasteiger partial charge on any atom is -0.461 e. The minimum absolute atomic E-state index is 0.686. The third kappa shape index (κ3) is 3.92. The van der Waals surface area contributed by atoms with Gasteiger partial charge in [0.25, 0.3) is 0 Å². The second-order valence-corrected chi connectivity index (χ2v) is 7.72. The molecule has 0 atom stereocenters. The summed E-state index contributed by atoms with van der Waals surface area (Å²) >= 11 is 1.67. The lowest BCUT2D eigenvalue weighted by Gasteiger charge is -2.10. The molecule has 0 unspecified atom stereocenters. The highest BCUT2D eigenvalue weighted by Crippen LogP contribution is 2.28. The first-order valence-electron chi connectivity index (χ1n) is 9.58. The van der Waals surface area contributed by atoms with Crippen molar-refractivity contribution in [2.24, 2.45) is 0 Å². The smallest absolute Gasteiger partial charge is 0.200 e. The topological polar surface area (TPSA) is 61.7 Å². The van der Waals surface area contributed by atoms with Crippen molar-refractivity contribution in [3.05, 3.63) is 103 Å². The first kappa shape index (κ1) is 18.4. The number of benzene rings is 2. The Kier molecular flexibility index (Phi) is 5.18. The SMILES string of the molecule is c1ccc(Cn2c(SCc3ccc(-n4ccnc4)cc3)nnc2-c2ccco2)cc1. The average molecular weight is 414 g/mol. The van der Waals surface area contributed by atoms with Gasteiger partial charge in [-0.05, 0) is 35.4 Å². The van der Waals surface area contributed by atoms with E-state index in [4.69, 9.17) is 4.42 Å². The number of hydrogen-bond acceptors (Lipinski definition) is 5. The molecule has 3 aromatic heterocycles. The van der Waals surface area contributed by atoms with Gasteiger partial charge in [-0.1, -0.05) is 54.2 Å². The normalized spacial score (nSPS) is 11.1. The number of thioether (sulfide) groups is 1. The Labute approximate surface area is 178 Å². The summed E-state index contributed by atoms with van der Waals surface area (Å²) in [5.41, 5.74) is 3.50. The lowest BCUT2D eigenvalue weighted by Crippen LogP contribution is -2.04. The molecule has 5 rings (SSSR count). The maximum atomic E-state index is 5.58. The van der Waals surface area contributed by atoms with Crippen LogP contribution in [-0.2, 0) is 12.3 Å². The summed E-state index contributed by atoms with van der Waals surface area (Å²) in [6.45, 7) is 0.686. The molecule has 7 heteroatoms. The molecule has 2 aromatic carbocycles. The standard InChI is InChI=1S/C23H19N5OS/c1-2-5-18(6-3-1)15-28-22(21-7-4-14-29-21)25-26-23(28)30-16-19-8-10-20(11-9-19)27-13-12-24-17-27/h1-14,17H,15-16H2. The van der Waals surface area contributed by atoms with Crippen molar-refractivity contribution in [2.75, 3.05) is 0 Å².